The van der Waals surface area contributed by atoms with Crippen LogP contribution in [0.4, 0.5) is 4.79 Å². The van der Waals surface area contributed by atoms with E-state index in [-0.39, 0.29) is 18.4 Å². The van der Waals surface area contributed by atoms with Gasteiger partial charge < -0.3 is 10.6 Å². The number of piperidine rings is 1. The number of urea groups is 1. The molecule has 4 amide bonds. The number of rotatable bonds is 7. The summed E-state index contributed by atoms with van der Waals surface area (Å²) in [5.41, 5.74) is 1.47. The minimum absolute atomic E-state index is 0.241. The highest BCUT2D eigenvalue weighted by atomic mass is 16.2. The van der Waals surface area contributed by atoms with Crippen LogP contribution in [0.15, 0.2) is 60.7 Å². The number of carbonyl (C=O) groups is 3. The summed E-state index contributed by atoms with van der Waals surface area (Å²) in [4.78, 5) is 41.2. The van der Waals surface area contributed by atoms with Gasteiger partial charge in [-0.25, -0.2) is 4.79 Å². The van der Waals surface area contributed by atoms with Crippen LogP contribution >= 0.6 is 0 Å². The van der Waals surface area contributed by atoms with Crippen molar-refractivity contribution in [2.75, 3.05) is 26.2 Å². The van der Waals surface area contributed by atoms with Crippen molar-refractivity contribution in [2.24, 2.45) is 0 Å². The first-order valence-electron chi connectivity index (χ1n) is 10.8. The molecule has 0 radical (unpaired) electrons. The van der Waals surface area contributed by atoms with Gasteiger partial charge in [-0.1, -0.05) is 60.7 Å². The van der Waals surface area contributed by atoms with E-state index in [0.717, 1.165) is 30.1 Å². The Bertz CT molecular complexity index is 924. The Kier molecular flexibility index (Phi) is 6.32. The molecular formula is C24H28N4O3. The van der Waals surface area contributed by atoms with E-state index in [4.69, 9.17) is 0 Å². The zero-order valence-electron chi connectivity index (χ0n) is 17.5. The van der Waals surface area contributed by atoms with Gasteiger partial charge in [0.15, 0.2) is 0 Å². The fourth-order valence-electron chi connectivity index (χ4n) is 4.28. The maximum atomic E-state index is 13.0. The van der Waals surface area contributed by atoms with Gasteiger partial charge in [0.25, 0.3) is 5.91 Å². The number of nitrogens with zero attached hydrogens (tertiary/aromatic N) is 2. The van der Waals surface area contributed by atoms with Crippen molar-refractivity contribution < 1.29 is 14.4 Å². The fourth-order valence-corrected chi connectivity index (χ4v) is 4.28. The standard InChI is InChI=1S/C24H28N4O3/c29-21(25-14-11-19-7-3-1-4-8-19)18-28-22(30)24(26-23(28)31)12-15-27(16-13-24)17-20-9-5-2-6-10-20/h1-10H,11-18H2,(H,25,29)(H,26,31). The Morgan fingerprint density at radius 2 is 1.55 bits per heavy atom. The van der Waals surface area contributed by atoms with E-state index in [1.54, 1.807) is 0 Å². The maximum Gasteiger partial charge on any atom is 0.325 e. The van der Waals surface area contributed by atoms with Gasteiger partial charge in [-0.3, -0.25) is 19.4 Å². The van der Waals surface area contributed by atoms with Crippen molar-refractivity contribution >= 4 is 17.8 Å². The normalized spacial score (nSPS) is 18.3. The lowest BCUT2D eigenvalue weighted by Crippen LogP contribution is -2.55. The van der Waals surface area contributed by atoms with Crippen molar-refractivity contribution in [2.45, 2.75) is 31.3 Å². The summed E-state index contributed by atoms with van der Waals surface area (Å²) in [6.07, 6.45) is 1.81. The number of imide groups is 1. The van der Waals surface area contributed by atoms with Crippen LogP contribution in [0.5, 0.6) is 0 Å². The van der Waals surface area contributed by atoms with Gasteiger partial charge in [-0.2, -0.15) is 0 Å². The zero-order valence-corrected chi connectivity index (χ0v) is 17.5. The third-order valence-electron chi connectivity index (χ3n) is 6.08. The van der Waals surface area contributed by atoms with Crippen molar-refractivity contribution in [3.8, 4) is 0 Å². The van der Waals surface area contributed by atoms with Crippen LogP contribution in [-0.2, 0) is 22.6 Å². The van der Waals surface area contributed by atoms with Crippen molar-refractivity contribution in [3.63, 3.8) is 0 Å². The highest BCUT2D eigenvalue weighted by molar-refractivity contribution is 6.09. The molecule has 7 nitrogen and oxygen atoms in total. The second-order valence-electron chi connectivity index (χ2n) is 8.25. The SMILES string of the molecule is O=C(CN1C(=O)NC2(CCN(Cc3ccccc3)CC2)C1=O)NCCc1ccccc1. The van der Waals surface area contributed by atoms with E-state index in [2.05, 4.69) is 27.7 Å². The Labute approximate surface area is 182 Å². The van der Waals surface area contributed by atoms with Crippen LogP contribution in [-0.4, -0.2) is 59.4 Å². The fraction of sp³-hybridized carbons (Fsp3) is 0.375. The molecule has 0 unspecified atom stereocenters. The number of likely N-dealkylation sites (tertiary alicyclic amines) is 1. The number of nitrogens with one attached hydrogen (secondary N) is 2. The molecule has 0 aliphatic carbocycles. The lowest BCUT2D eigenvalue weighted by Gasteiger charge is -2.37. The molecule has 2 aromatic rings. The molecule has 2 aliphatic rings. The summed E-state index contributed by atoms with van der Waals surface area (Å²) < 4.78 is 0. The molecule has 2 saturated heterocycles. The van der Waals surface area contributed by atoms with E-state index in [0.29, 0.717) is 25.8 Å². The lowest BCUT2D eigenvalue weighted by atomic mass is 9.87. The van der Waals surface area contributed by atoms with E-state index >= 15 is 0 Å². The third kappa shape index (κ3) is 4.94. The second-order valence-corrected chi connectivity index (χ2v) is 8.25. The van der Waals surface area contributed by atoms with Crippen molar-refractivity contribution in [1.82, 2.24) is 20.4 Å². The van der Waals surface area contributed by atoms with Gasteiger partial charge in [-0.05, 0) is 30.4 Å². The van der Waals surface area contributed by atoms with Gasteiger partial charge in [0, 0.05) is 26.2 Å². The average Bonchev–Trinajstić information content (AvgIpc) is 3.01. The molecule has 0 bridgehead atoms. The Morgan fingerprint density at radius 1 is 0.935 bits per heavy atom. The average molecular weight is 421 g/mol. The lowest BCUT2D eigenvalue weighted by molar-refractivity contribution is -0.136. The molecule has 0 atom stereocenters. The Balaban J connectivity index is 1.27. The van der Waals surface area contributed by atoms with E-state index in [1.165, 1.54) is 5.56 Å². The first-order chi connectivity index (χ1) is 15.1. The van der Waals surface area contributed by atoms with Crippen molar-refractivity contribution in [1.29, 1.82) is 0 Å². The Morgan fingerprint density at radius 3 is 2.19 bits per heavy atom. The number of hydrogen-bond acceptors (Lipinski definition) is 4. The van der Waals surface area contributed by atoms with Gasteiger partial charge in [0.05, 0.1) is 0 Å². The molecular weight excluding hydrogens is 392 g/mol. The molecule has 0 aromatic heterocycles. The van der Waals surface area contributed by atoms with E-state index in [9.17, 15) is 14.4 Å². The van der Waals surface area contributed by atoms with Crippen LogP contribution in [0.2, 0.25) is 0 Å². The maximum absolute atomic E-state index is 13.0. The molecule has 1 spiro atoms. The summed E-state index contributed by atoms with van der Waals surface area (Å²) in [6, 6.07) is 19.6. The van der Waals surface area contributed by atoms with Gasteiger partial charge >= 0.3 is 6.03 Å². The molecule has 2 aliphatic heterocycles. The van der Waals surface area contributed by atoms with Crippen LogP contribution < -0.4 is 10.6 Å². The zero-order chi connectivity index (χ0) is 21.7. The summed E-state index contributed by atoms with van der Waals surface area (Å²) in [5.74, 6) is -0.604. The first kappa shape index (κ1) is 21.1. The molecule has 31 heavy (non-hydrogen) atoms. The largest absolute Gasteiger partial charge is 0.354 e. The van der Waals surface area contributed by atoms with Gasteiger partial charge in [-0.15, -0.1) is 0 Å². The predicted octanol–water partition coefficient (Wildman–Crippen LogP) is 1.93. The number of benzene rings is 2. The molecule has 2 aromatic carbocycles. The van der Waals surface area contributed by atoms with Crippen LogP contribution in [0.1, 0.15) is 24.0 Å². The minimum Gasteiger partial charge on any atom is -0.354 e. The smallest absolute Gasteiger partial charge is 0.325 e. The summed E-state index contributed by atoms with van der Waals surface area (Å²) in [7, 11) is 0. The monoisotopic (exact) mass is 420 g/mol. The highest BCUT2D eigenvalue weighted by Gasteiger charge is 2.52. The molecule has 2 N–H and O–H groups in total. The molecule has 2 fully saturated rings. The van der Waals surface area contributed by atoms with Gasteiger partial charge in [0.2, 0.25) is 5.91 Å². The van der Waals surface area contributed by atoms with Crippen LogP contribution in [0, 0.1) is 0 Å². The number of amides is 4. The summed E-state index contributed by atoms with van der Waals surface area (Å²) >= 11 is 0. The topological polar surface area (TPSA) is 81.8 Å². The van der Waals surface area contributed by atoms with Crippen LogP contribution in [0.3, 0.4) is 0 Å². The molecule has 162 valence electrons. The number of carbonyl (C=O) groups excluding carboxylic acids is 3. The molecule has 2 heterocycles. The quantitative estimate of drug-likeness (QED) is 0.671. The molecule has 7 heteroatoms. The first-order valence-corrected chi connectivity index (χ1v) is 10.8. The highest BCUT2D eigenvalue weighted by Crippen LogP contribution is 2.30. The summed E-state index contributed by atoms with van der Waals surface area (Å²) in [6.45, 7) is 2.49. The minimum atomic E-state index is -0.880. The molecule has 0 saturated carbocycles. The predicted molar refractivity (Wildman–Crippen MR) is 117 cm³/mol. The van der Waals surface area contributed by atoms with E-state index < -0.39 is 11.6 Å². The van der Waals surface area contributed by atoms with Gasteiger partial charge in [0.1, 0.15) is 12.1 Å². The third-order valence-corrected chi connectivity index (χ3v) is 6.08. The Hall–Kier alpha value is -3.19. The van der Waals surface area contributed by atoms with E-state index in [1.807, 2.05) is 48.5 Å². The molecule has 4 rings (SSSR count). The number of hydrogen-bond donors (Lipinski definition) is 2. The summed E-state index contributed by atoms with van der Waals surface area (Å²) in [5, 5.41) is 5.68. The van der Waals surface area contributed by atoms with Crippen LogP contribution in [0.25, 0.3) is 0 Å². The second kappa shape index (κ2) is 9.31. The van der Waals surface area contributed by atoms with Crippen molar-refractivity contribution in [3.05, 3.63) is 71.8 Å².